The van der Waals surface area contributed by atoms with E-state index in [0.29, 0.717) is 19.6 Å². The van der Waals surface area contributed by atoms with Crippen LogP contribution in [0.25, 0.3) is 0 Å². The SMILES string of the molecule is CCCC(=O)N1CCOc2ccc(C(C)O)cc21. The average molecular weight is 249 g/mol. The second kappa shape index (κ2) is 5.40. The van der Waals surface area contributed by atoms with Gasteiger partial charge < -0.3 is 14.7 Å². The van der Waals surface area contributed by atoms with Crippen molar-refractivity contribution in [3.8, 4) is 5.75 Å². The molecule has 1 aromatic rings. The van der Waals surface area contributed by atoms with E-state index in [0.717, 1.165) is 23.4 Å². The Morgan fingerprint density at radius 1 is 1.56 bits per heavy atom. The van der Waals surface area contributed by atoms with Crippen molar-refractivity contribution in [1.29, 1.82) is 0 Å². The predicted octanol–water partition coefficient (Wildman–Crippen LogP) is 2.27. The van der Waals surface area contributed by atoms with Gasteiger partial charge in [0.2, 0.25) is 5.91 Å². The summed E-state index contributed by atoms with van der Waals surface area (Å²) in [5.74, 6) is 0.833. The number of aliphatic hydroxyl groups is 1. The fourth-order valence-electron chi connectivity index (χ4n) is 2.10. The topological polar surface area (TPSA) is 49.8 Å². The molecular formula is C14H19NO3. The van der Waals surface area contributed by atoms with Crippen molar-refractivity contribution in [2.45, 2.75) is 32.8 Å². The summed E-state index contributed by atoms with van der Waals surface area (Å²) in [6, 6.07) is 5.49. The third-order valence-electron chi connectivity index (χ3n) is 3.09. The highest BCUT2D eigenvalue weighted by Crippen LogP contribution is 2.34. The second-order valence-electron chi connectivity index (χ2n) is 4.55. The molecule has 1 N–H and O–H groups in total. The third-order valence-corrected chi connectivity index (χ3v) is 3.09. The normalized spacial score (nSPS) is 15.8. The summed E-state index contributed by atoms with van der Waals surface area (Å²) >= 11 is 0. The van der Waals surface area contributed by atoms with Crippen molar-refractivity contribution >= 4 is 11.6 Å². The molecule has 1 atom stereocenters. The molecule has 2 rings (SSSR count). The number of fused-ring (bicyclic) bond motifs is 1. The van der Waals surface area contributed by atoms with Crippen LogP contribution in [0.1, 0.15) is 38.4 Å². The number of benzene rings is 1. The van der Waals surface area contributed by atoms with Crippen molar-refractivity contribution in [2.24, 2.45) is 0 Å². The van der Waals surface area contributed by atoms with E-state index in [2.05, 4.69) is 0 Å². The molecule has 0 saturated heterocycles. The van der Waals surface area contributed by atoms with Crippen LogP contribution in [0.4, 0.5) is 5.69 Å². The molecule has 0 spiro atoms. The van der Waals surface area contributed by atoms with Crippen LogP contribution in [0, 0.1) is 0 Å². The minimum Gasteiger partial charge on any atom is -0.490 e. The first-order valence-corrected chi connectivity index (χ1v) is 6.38. The number of rotatable bonds is 3. The van der Waals surface area contributed by atoms with Gasteiger partial charge in [0.1, 0.15) is 12.4 Å². The smallest absolute Gasteiger partial charge is 0.227 e. The molecule has 4 nitrogen and oxygen atoms in total. The number of aliphatic hydroxyl groups excluding tert-OH is 1. The summed E-state index contributed by atoms with van der Waals surface area (Å²) in [6.45, 7) is 4.81. The number of anilines is 1. The second-order valence-corrected chi connectivity index (χ2v) is 4.55. The van der Waals surface area contributed by atoms with E-state index < -0.39 is 6.10 Å². The molecule has 1 unspecified atom stereocenters. The standard InChI is InChI=1S/C14H19NO3/c1-3-4-14(17)15-7-8-18-13-6-5-11(10(2)16)9-12(13)15/h5-6,9-10,16H,3-4,7-8H2,1-2H3. The molecule has 18 heavy (non-hydrogen) atoms. The van der Waals surface area contributed by atoms with Gasteiger partial charge in [0.25, 0.3) is 0 Å². The van der Waals surface area contributed by atoms with Crippen LogP contribution in [0.5, 0.6) is 5.75 Å². The van der Waals surface area contributed by atoms with Crippen molar-refractivity contribution in [2.75, 3.05) is 18.1 Å². The lowest BCUT2D eigenvalue weighted by Crippen LogP contribution is -2.37. The van der Waals surface area contributed by atoms with Crippen molar-refractivity contribution < 1.29 is 14.6 Å². The first-order valence-electron chi connectivity index (χ1n) is 6.38. The van der Waals surface area contributed by atoms with Crippen LogP contribution in [0.2, 0.25) is 0 Å². The number of amides is 1. The van der Waals surface area contributed by atoms with Gasteiger partial charge in [-0.3, -0.25) is 4.79 Å². The summed E-state index contributed by atoms with van der Waals surface area (Å²) in [5.41, 5.74) is 1.58. The highest BCUT2D eigenvalue weighted by atomic mass is 16.5. The Kier molecular flexibility index (Phi) is 3.87. The minimum absolute atomic E-state index is 0.116. The van der Waals surface area contributed by atoms with E-state index in [1.807, 2.05) is 25.1 Å². The van der Waals surface area contributed by atoms with Gasteiger partial charge >= 0.3 is 0 Å². The summed E-state index contributed by atoms with van der Waals surface area (Å²) in [4.78, 5) is 13.8. The molecule has 1 aliphatic heterocycles. The predicted molar refractivity (Wildman–Crippen MR) is 69.8 cm³/mol. The maximum Gasteiger partial charge on any atom is 0.227 e. The van der Waals surface area contributed by atoms with Crippen LogP contribution >= 0.6 is 0 Å². The zero-order valence-corrected chi connectivity index (χ0v) is 10.8. The van der Waals surface area contributed by atoms with Gasteiger partial charge in [-0.1, -0.05) is 13.0 Å². The van der Waals surface area contributed by atoms with E-state index in [4.69, 9.17) is 4.74 Å². The van der Waals surface area contributed by atoms with Gasteiger partial charge in [-0.05, 0) is 31.0 Å². The summed E-state index contributed by atoms with van der Waals surface area (Å²) in [5, 5.41) is 9.61. The molecule has 1 heterocycles. The van der Waals surface area contributed by atoms with Crippen molar-refractivity contribution in [3.05, 3.63) is 23.8 Å². The molecule has 1 amide bonds. The van der Waals surface area contributed by atoms with E-state index in [9.17, 15) is 9.90 Å². The van der Waals surface area contributed by atoms with Crippen LogP contribution in [0.15, 0.2) is 18.2 Å². The Morgan fingerprint density at radius 3 is 3.00 bits per heavy atom. The third kappa shape index (κ3) is 2.48. The first-order chi connectivity index (χ1) is 8.63. The van der Waals surface area contributed by atoms with E-state index >= 15 is 0 Å². The molecule has 1 aromatic carbocycles. The molecule has 98 valence electrons. The molecule has 1 aliphatic rings. The highest BCUT2D eigenvalue weighted by molar-refractivity contribution is 5.95. The fraction of sp³-hybridized carbons (Fsp3) is 0.500. The molecule has 0 radical (unpaired) electrons. The molecule has 4 heteroatoms. The monoisotopic (exact) mass is 249 g/mol. The zero-order chi connectivity index (χ0) is 13.1. The van der Waals surface area contributed by atoms with Gasteiger partial charge in [0.05, 0.1) is 18.3 Å². The molecular weight excluding hydrogens is 230 g/mol. The molecule has 0 bridgehead atoms. The Bertz CT molecular complexity index is 443. The van der Waals surface area contributed by atoms with Gasteiger partial charge in [0, 0.05) is 6.42 Å². The zero-order valence-electron chi connectivity index (χ0n) is 10.8. The number of carbonyl (C=O) groups is 1. The summed E-state index contributed by atoms with van der Waals surface area (Å²) in [6.07, 6.45) is 0.834. The van der Waals surface area contributed by atoms with Gasteiger partial charge in [-0.2, -0.15) is 0 Å². The Balaban J connectivity index is 2.34. The number of carbonyl (C=O) groups excluding carboxylic acids is 1. The fourth-order valence-corrected chi connectivity index (χ4v) is 2.10. The molecule has 0 aromatic heterocycles. The number of ether oxygens (including phenoxy) is 1. The lowest BCUT2D eigenvalue weighted by atomic mass is 10.1. The maximum absolute atomic E-state index is 12.0. The minimum atomic E-state index is -0.541. The lowest BCUT2D eigenvalue weighted by Gasteiger charge is -2.30. The van der Waals surface area contributed by atoms with Crippen LogP contribution in [-0.2, 0) is 4.79 Å². The first kappa shape index (κ1) is 12.9. The summed E-state index contributed by atoms with van der Waals surface area (Å²) < 4.78 is 5.54. The molecule has 0 saturated carbocycles. The molecule has 0 aliphatic carbocycles. The highest BCUT2D eigenvalue weighted by Gasteiger charge is 2.23. The van der Waals surface area contributed by atoms with Gasteiger partial charge in [-0.25, -0.2) is 0 Å². The number of hydrogen-bond acceptors (Lipinski definition) is 3. The van der Waals surface area contributed by atoms with E-state index in [1.165, 1.54) is 0 Å². The van der Waals surface area contributed by atoms with E-state index in [-0.39, 0.29) is 5.91 Å². The van der Waals surface area contributed by atoms with Gasteiger partial charge in [0.15, 0.2) is 0 Å². The van der Waals surface area contributed by atoms with Crippen LogP contribution < -0.4 is 9.64 Å². The Labute approximate surface area is 107 Å². The number of hydrogen-bond donors (Lipinski definition) is 1. The van der Waals surface area contributed by atoms with Gasteiger partial charge in [-0.15, -0.1) is 0 Å². The van der Waals surface area contributed by atoms with E-state index in [1.54, 1.807) is 11.8 Å². The summed E-state index contributed by atoms with van der Waals surface area (Å²) in [7, 11) is 0. The molecule has 0 fully saturated rings. The lowest BCUT2D eigenvalue weighted by molar-refractivity contribution is -0.118. The largest absolute Gasteiger partial charge is 0.490 e. The van der Waals surface area contributed by atoms with Crippen molar-refractivity contribution in [3.63, 3.8) is 0 Å². The number of nitrogens with zero attached hydrogens (tertiary/aromatic N) is 1. The Morgan fingerprint density at radius 2 is 2.33 bits per heavy atom. The quantitative estimate of drug-likeness (QED) is 0.894. The Hall–Kier alpha value is -1.55. The van der Waals surface area contributed by atoms with Crippen molar-refractivity contribution in [1.82, 2.24) is 0 Å². The average Bonchev–Trinajstić information content (AvgIpc) is 2.37. The van der Waals surface area contributed by atoms with Crippen LogP contribution in [-0.4, -0.2) is 24.2 Å². The maximum atomic E-state index is 12.0. The van der Waals surface area contributed by atoms with Crippen LogP contribution in [0.3, 0.4) is 0 Å².